The highest BCUT2D eigenvalue weighted by Crippen LogP contribution is 2.34. The van der Waals surface area contributed by atoms with Crippen LogP contribution in [-0.4, -0.2) is 5.78 Å². The highest BCUT2D eigenvalue weighted by Gasteiger charge is 2.22. The van der Waals surface area contributed by atoms with Gasteiger partial charge in [-0.25, -0.2) is 0 Å². The minimum atomic E-state index is -0.333. The summed E-state index contributed by atoms with van der Waals surface area (Å²) in [6.07, 6.45) is 0. The zero-order valence-corrected chi connectivity index (χ0v) is 12.8. The van der Waals surface area contributed by atoms with Crippen molar-refractivity contribution in [2.24, 2.45) is 0 Å². The molecule has 0 aliphatic carbocycles. The third-order valence-corrected chi connectivity index (χ3v) is 4.15. The highest BCUT2D eigenvalue weighted by molar-refractivity contribution is 6.47. The quantitative estimate of drug-likeness (QED) is 0.498. The van der Waals surface area contributed by atoms with Gasteiger partial charge in [-0.3, -0.25) is 4.79 Å². The van der Waals surface area contributed by atoms with Crippen LogP contribution in [0.25, 0.3) is 0 Å². The Morgan fingerprint density at radius 3 is 2.05 bits per heavy atom. The number of aryl methyl sites for hydroxylation is 1. The molecule has 1 nitrogen and oxygen atoms in total. The minimum absolute atomic E-state index is 0.137. The maximum atomic E-state index is 12.6. The first kappa shape index (κ1) is 14.7. The van der Waals surface area contributed by atoms with E-state index < -0.39 is 0 Å². The highest BCUT2D eigenvalue weighted by atomic mass is 35.5. The number of rotatable bonds is 2. The van der Waals surface area contributed by atoms with Gasteiger partial charge >= 0.3 is 0 Å². The molecular formula is C14H8Cl4O. The van der Waals surface area contributed by atoms with Gasteiger partial charge in [0.15, 0.2) is 5.78 Å². The lowest BCUT2D eigenvalue weighted by Gasteiger charge is -2.11. The SMILES string of the molecule is Cc1cccc(Cl)c1C(=O)c1c(Cl)ccc(Cl)c1Cl. The topological polar surface area (TPSA) is 17.1 Å². The lowest BCUT2D eigenvalue weighted by molar-refractivity contribution is 0.103. The molecule has 0 heterocycles. The maximum absolute atomic E-state index is 12.6. The van der Waals surface area contributed by atoms with Gasteiger partial charge in [-0.2, -0.15) is 0 Å². The Morgan fingerprint density at radius 2 is 1.42 bits per heavy atom. The summed E-state index contributed by atoms with van der Waals surface area (Å²) in [5.41, 5.74) is 1.31. The molecule has 0 aliphatic heterocycles. The van der Waals surface area contributed by atoms with Crippen molar-refractivity contribution >= 4 is 52.2 Å². The van der Waals surface area contributed by atoms with Crippen LogP contribution in [0, 0.1) is 6.92 Å². The number of carbonyl (C=O) groups is 1. The largest absolute Gasteiger partial charge is 0.288 e. The van der Waals surface area contributed by atoms with Crippen molar-refractivity contribution in [2.45, 2.75) is 6.92 Å². The maximum Gasteiger partial charge on any atom is 0.197 e. The number of carbonyl (C=O) groups excluding carboxylic acids is 1. The molecule has 19 heavy (non-hydrogen) atoms. The number of halogens is 4. The second kappa shape index (κ2) is 5.72. The molecule has 0 radical (unpaired) electrons. The summed E-state index contributed by atoms with van der Waals surface area (Å²) >= 11 is 24.1. The molecule has 98 valence electrons. The Bertz CT molecular complexity index is 644. The van der Waals surface area contributed by atoms with Crippen LogP contribution in [0.3, 0.4) is 0 Å². The summed E-state index contributed by atoms with van der Waals surface area (Å²) in [5.74, 6) is -0.333. The summed E-state index contributed by atoms with van der Waals surface area (Å²) in [6, 6.07) is 8.30. The summed E-state index contributed by atoms with van der Waals surface area (Å²) in [4.78, 5) is 12.6. The standard InChI is InChI=1S/C14H8Cl4O/c1-7-3-2-4-8(15)11(7)14(19)12-9(16)5-6-10(17)13(12)18/h2-6H,1H3. The molecule has 0 bridgehead atoms. The van der Waals surface area contributed by atoms with Gasteiger partial charge in [0.1, 0.15) is 0 Å². The number of hydrogen-bond donors (Lipinski definition) is 0. The monoisotopic (exact) mass is 332 g/mol. The van der Waals surface area contributed by atoms with Gasteiger partial charge in [0.25, 0.3) is 0 Å². The van der Waals surface area contributed by atoms with Crippen LogP contribution in [-0.2, 0) is 0 Å². The molecule has 0 N–H and O–H groups in total. The third-order valence-electron chi connectivity index (χ3n) is 2.72. The first-order valence-corrected chi connectivity index (χ1v) is 6.88. The summed E-state index contributed by atoms with van der Waals surface area (Å²) < 4.78 is 0. The Hall–Kier alpha value is -0.730. The van der Waals surface area contributed by atoms with Crippen LogP contribution >= 0.6 is 46.4 Å². The fourth-order valence-electron chi connectivity index (χ4n) is 1.78. The molecule has 0 fully saturated rings. The molecular weight excluding hydrogens is 326 g/mol. The van der Waals surface area contributed by atoms with Crippen LogP contribution in [0.2, 0.25) is 20.1 Å². The molecule has 2 aromatic rings. The molecule has 0 saturated heterocycles. The van der Waals surface area contributed by atoms with Crippen LogP contribution < -0.4 is 0 Å². The van der Waals surface area contributed by atoms with Gasteiger partial charge < -0.3 is 0 Å². The van der Waals surface area contributed by atoms with Crippen molar-refractivity contribution in [1.82, 2.24) is 0 Å². The Balaban J connectivity index is 2.67. The van der Waals surface area contributed by atoms with Gasteiger partial charge in [-0.15, -0.1) is 0 Å². The molecule has 2 aromatic carbocycles. The summed E-state index contributed by atoms with van der Waals surface area (Å²) in [7, 11) is 0. The van der Waals surface area contributed by atoms with Crippen molar-refractivity contribution in [3.63, 3.8) is 0 Å². The van der Waals surface area contributed by atoms with E-state index in [4.69, 9.17) is 46.4 Å². The fraction of sp³-hybridized carbons (Fsp3) is 0.0714. The van der Waals surface area contributed by atoms with Crippen LogP contribution in [0.5, 0.6) is 0 Å². The summed E-state index contributed by atoms with van der Waals surface area (Å²) in [5, 5.41) is 1.02. The van der Waals surface area contributed by atoms with E-state index in [1.807, 2.05) is 0 Å². The number of hydrogen-bond acceptors (Lipinski definition) is 1. The molecule has 0 aliphatic rings. The number of ketones is 1. The fourth-order valence-corrected chi connectivity index (χ4v) is 2.79. The van der Waals surface area contributed by atoms with Crippen molar-refractivity contribution < 1.29 is 4.79 Å². The molecule has 0 aromatic heterocycles. The predicted molar refractivity (Wildman–Crippen MR) is 81.1 cm³/mol. The third kappa shape index (κ3) is 2.75. The molecule has 0 saturated carbocycles. The van der Waals surface area contributed by atoms with Gasteiger partial charge in [0.2, 0.25) is 0 Å². The summed E-state index contributed by atoms with van der Waals surface area (Å²) in [6.45, 7) is 1.80. The van der Waals surface area contributed by atoms with Crippen molar-refractivity contribution in [2.75, 3.05) is 0 Å². The molecule has 0 atom stereocenters. The second-order valence-corrected chi connectivity index (χ2v) is 5.58. The van der Waals surface area contributed by atoms with E-state index in [2.05, 4.69) is 0 Å². The Kier molecular flexibility index (Phi) is 4.42. The van der Waals surface area contributed by atoms with E-state index in [-0.39, 0.29) is 26.4 Å². The van der Waals surface area contributed by atoms with Crippen LogP contribution in [0.4, 0.5) is 0 Å². The van der Waals surface area contributed by atoms with E-state index in [0.29, 0.717) is 10.6 Å². The first-order chi connectivity index (χ1) is 8.93. The second-order valence-electron chi connectivity index (χ2n) is 3.98. The van der Waals surface area contributed by atoms with E-state index in [1.54, 1.807) is 31.2 Å². The molecule has 0 amide bonds. The number of benzene rings is 2. The van der Waals surface area contributed by atoms with Crippen molar-refractivity contribution in [3.8, 4) is 0 Å². The van der Waals surface area contributed by atoms with Crippen molar-refractivity contribution in [3.05, 3.63) is 67.1 Å². The van der Waals surface area contributed by atoms with Crippen LogP contribution in [0.15, 0.2) is 30.3 Å². The van der Waals surface area contributed by atoms with Gasteiger partial charge in [0.05, 0.1) is 25.7 Å². The zero-order chi connectivity index (χ0) is 14.2. The lowest BCUT2D eigenvalue weighted by atomic mass is 9.99. The Morgan fingerprint density at radius 1 is 0.842 bits per heavy atom. The van der Waals surface area contributed by atoms with Gasteiger partial charge in [-0.1, -0.05) is 58.5 Å². The average Bonchev–Trinajstić information content (AvgIpc) is 2.34. The molecule has 2 rings (SSSR count). The van der Waals surface area contributed by atoms with E-state index in [0.717, 1.165) is 5.56 Å². The predicted octanol–water partition coefficient (Wildman–Crippen LogP) is 5.84. The van der Waals surface area contributed by atoms with E-state index in [9.17, 15) is 4.79 Å². The normalized spacial score (nSPS) is 10.6. The van der Waals surface area contributed by atoms with Crippen LogP contribution in [0.1, 0.15) is 21.5 Å². The molecule has 0 unspecified atom stereocenters. The lowest BCUT2D eigenvalue weighted by Crippen LogP contribution is -2.06. The smallest absolute Gasteiger partial charge is 0.197 e. The van der Waals surface area contributed by atoms with Gasteiger partial charge in [-0.05, 0) is 30.7 Å². The minimum Gasteiger partial charge on any atom is -0.288 e. The van der Waals surface area contributed by atoms with E-state index in [1.165, 1.54) is 6.07 Å². The first-order valence-electron chi connectivity index (χ1n) is 5.36. The Labute approximate surface area is 131 Å². The van der Waals surface area contributed by atoms with E-state index >= 15 is 0 Å². The molecule has 5 heteroatoms. The molecule has 0 spiro atoms. The van der Waals surface area contributed by atoms with Gasteiger partial charge in [0, 0.05) is 5.56 Å². The van der Waals surface area contributed by atoms with Crippen molar-refractivity contribution in [1.29, 1.82) is 0 Å². The average molecular weight is 334 g/mol. The zero-order valence-electron chi connectivity index (χ0n) is 9.81.